The maximum absolute atomic E-state index is 13.5. The van der Waals surface area contributed by atoms with Crippen molar-refractivity contribution in [2.45, 2.75) is 257 Å². The van der Waals surface area contributed by atoms with Crippen LogP contribution in [0.2, 0.25) is 0 Å². The summed E-state index contributed by atoms with van der Waals surface area (Å²) in [5.74, 6) is 1.92. The number of fused-ring (bicyclic) bond motifs is 1. The fraction of sp³-hybridized carbons (Fsp3) is 0.966. The number of thioether (sulfide) groups is 1. The molecule has 7 aliphatic heterocycles. The second-order valence-electron chi connectivity index (χ2n) is 24.0. The quantitative estimate of drug-likeness (QED) is 0.0552. The van der Waals surface area contributed by atoms with Crippen molar-refractivity contribution in [3.05, 3.63) is 0 Å². The average Bonchev–Trinajstić information content (AvgIpc) is 3.98. The summed E-state index contributed by atoms with van der Waals surface area (Å²) in [4.78, 5) is 25.2. The van der Waals surface area contributed by atoms with Crippen LogP contribution in [0.4, 0.5) is 4.79 Å². The number of unbranched alkanes of at least 4 members (excludes halogenated alkanes) is 4. The third-order valence-electron chi connectivity index (χ3n) is 19.1. The van der Waals surface area contributed by atoms with Crippen molar-refractivity contribution in [2.24, 2.45) is 53.3 Å². The van der Waals surface area contributed by atoms with Crippen molar-refractivity contribution in [1.82, 2.24) is 16.0 Å². The van der Waals surface area contributed by atoms with Gasteiger partial charge in [0.2, 0.25) is 5.91 Å². The van der Waals surface area contributed by atoms with Crippen molar-refractivity contribution < 1.29 is 66.4 Å². The summed E-state index contributed by atoms with van der Waals surface area (Å²) < 4.78 is 78.1. The van der Waals surface area contributed by atoms with Gasteiger partial charge in [-0.05, 0) is 74.5 Å². The lowest BCUT2D eigenvalue weighted by Crippen LogP contribution is -2.60. The largest absolute Gasteiger partial charge is 0.381 e. The second kappa shape index (κ2) is 29.5. The number of amides is 3. The number of ether oxygens (including phenoxy) is 12. The molecule has 8 unspecified atom stereocenters. The summed E-state index contributed by atoms with van der Waals surface area (Å²) in [7, 11) is 3.43. The molecule has 7 rings (SSSR count). The van der Waals surface area contributed by atoms with Gasteiger partial charge in [0, 0.05) is 68.5 Å². The Morgan fingerprint density at radius 3 is 1.76 bits per heavy atom. The highest BCUT2D eigenvalue weighted by atomic mass is 32.2. The van der Waals surface area contributed by atoms with Gasteiger partial charge in [0.1, 0.15) is 6.10 Å². The molecule has 7 heterocycles. The fourth-order valence-corrected chi connectivity index (χ4v) is 14.7. The maximum atomic E-state index is 13.5. The summed E-state index contributed by atoms with van der Waals surface area (Å²) in [6.07, 6.45) is 6.22. The summed E-state index contributed by atoms with van der Waals surface area (Å²) in [6.45, 7) is 28.2. The number of hydrogen-bond acceptors (Lipinski definition) is 15. The number of nitrogens with one attached hydrogen (secondary N) is 3. The van der Waals surface area contributed by atoms with E-state index < -0.39 is 25.2 Å². The molecule has 17 nitrogen and oxygen atoms in total. The van der Waals surface area contributed by atoms with E-state index in [4.69, 9.17) is 56.8 Å². The molecule has 440 valence electrons. The molecule has 3 N–H and O–H groups in total. The molecule has 26 atom stereocenters. The molecule has 0 aromatic carbocycles. The Morgan fingerprint density at radius 2 is 1.13 bits per heavy atom. The number of urea groups is 1. The minimum Gasteiger partial charge on any atom is -0.381 e. The SMILES string of the molecule is CCC1O[C@@H](O[C@@H]2CO[C@@H](O[C@@H]3C(CC)O[C@@H](O[C@@H]4CO[C@@H](O[C@@H]5C(CC)O[C@H](OC)C(C)[C@H]5C)C(C)[C@@H]4OC)C(C)[C@H]3C)C(C)[C@H]2C)C(NC(=O)CCCCCOCCCCC[C@@H]2SC[C@@H]3NC(=O)N[C@@H]32)[C@@H](C)[C@@H]1C. The van der Waals surface area contributed by atoms with Gasteiger partial charge >= 0.3 is 6.03 Å². The van der Waals surface area contributed by atoms with Gasteiger partial charge in [-0.3, -0.25) is 4.79 Å². The second-order valence-corrected chi connectivity index (χ2v) is 25.2. The van der Waals surface area contributed by atoms with Crippen LogP contribution in [0.3, 0.4) is 0 Å². The lowest BCUT2D eigenvalue weighted by Gasteiger charge is -2.50. The van der Waals surface area contributed by atoms with E-state index in [2.05, 4.69) is 99.0 Å². The third-order valence-corrected chi connectivity index (χ3v) is 20.7. The zero-order valence-electron chi connectivity index (χ0n) is 48.9. The highest BCUT2D eigenvalue weighted by Crippen LogP contribution is 2.43. The summed E-state index contributed by atoms with van der Waals surface area (Å²) in [5, 5.41) is 9.98. The van der Waals surface area contributed by atoms with Gasteiger partial charge in [0.05, 0.1) is 74.1 Å². The molecule has 7 fully saturated rings. The van der Waals surface area contributed by atoms with Crippen molar-refractivity contribution in [2.75, 3.05) is 46.4 Å². The van der Waals surface area contributed by atoms with Crippen molar-refractivity contribution in [3.8, 4) is 0 Å². The molecule has 3 amide bonds. The van der Waals surface area contributed by atoms with Crippen LogP contribution in [-0.4, -0.2) is 162 Å². The first kappa shape index (κ1) is 62.2. The van der Waals surface area contributed by atoms with E-state index >= 15 is 0 Å². The molecule has 0 aromatic heterocycles. The van der Waals surface area contributed by atoms with E-state index in [-0.39, 0.29) is 138 Å². The van der Waals surface area contributed by atoms with E-state index in [1.165, 1.54) is 0 Å². The Labute approximate surface area is 461 Å². The normalized spacial score (nSPS) is 44.8. The molecule has 7 saturated heterocycles. The van der Waals surface area contributed by atoms with Crippen LogP contribution in [0.5, 0.6) is 0 Å². The van der Waals surface area contributed by atoms with Crippen LogP contribution in [0.15, 0.2) is 0 Å². The first-order valence-electron chi connectivity index (χ1n) is 30.0. The summed E-state index contributed by atoms with van der Waals surface area (Å²) in [5.41, 5.74) is 0. The molecule has 7 aliphatic rings. The fourth-order valence-electron chi connectivity index (χ4n) is 13.1. The van der Waals surface area contributed by atoms with Crippen LogP contribution in [-0.2, 0) is 61.6 Å². The van der Waals surface area contributed by atoms with Crippen LogP contribution in [0, 0.1) is 53.3 Å². The van der Waals surface area contributed by atoms with Gasteiger partial charge in [0.25, 0.3) is 0 Å². The Hall–Kier alpha value is -1.39. The number of carbonyl (C=O) groups is 2. The molecule has 0 aliphatic carbocycles. The Bertz CT molecular complexity index is 1760. The summed E-state index contributed by atoms with van der Waals surface area (Å²) in [6, 6.07) is 0.259. The molecule has 0 aromatic rings. The predicted octanol–water partition coefficient (Wildman–Crippen LogP) is 8.82. The van der Waals surface area contributed by atoms with Gasteiger partial charge in [0.15, 0.2) is 31.5 Å². The molecular weight excluding hydrogens is 995 g/mol. The zero-order chi connectivity index (χ0) is 54.8. The van der Waals surface area contributed by atoms with Gasteiger partial charge in [-0.2, -0.15) is 11.8 Å². The first-order valence-corrected chi connectivity index (χ1v) is 31.0. The number of methoxy groups -OCH3 is 2. The van der Waals surface area contributed by atoms with E-state index in [1.807, 2.05) is 11.8 Å². The molecule has 18 heteroatoms. The maximum Gasteiger partial charge on any atom is 0.315 e. The van der Waals surface area contributed by atoms with E-state index in [1.54, 1.807) is 14.2 Å². The molecule has 0 bridgehead atoms. The smallest absolute Gasteiger partial charge is 0.315 e. The van der Waals surface area contributed by atoms with Crippen LogP contribution in [0.25, 0.3) is 0 Å². The van der Waals surface area contributed by atoms with E-state index in [9.17, 15) is 9.59 Å². The van der Waals surface area contributed by atoms with Crippen LogP contribution >= 0.6 is 11.8 Å². The van der Waals surface area contributed by atoms with E-state index in [0.29, 0.717) is 31.5 Å². The zero-order valence-corrected chi connectivity index (χ0v) is 49.8. The lowest BCUT2D eigenvalue weighted by molar-refractivity contribution is -0.353. The Morgan fingerprint density at radius 1 is 0.566 bits per heavy atom. The third kappa shape index (κ3) is 15.0. The van der Waals surface area contributed by atoms with Crippen LogP contribution < -0.4 is 16.0 Å². The van der Waals surface area contributed by atoms with Gasteiger partial charge in [-0.15, -0.1) is 0 Å². The van der Waals surface area contributed by atoms with Gasteiger partial charge in [-0.25, -0.2) is 4.79 Å². The van der Waals surface area contributed by atoms with Gasteiger partial charge < -0.3 is 72.8 Å². The number of rotatable bonds is 26. The van der Waals surface area contributed by atoms with Crippen molar-refractivity contribution >= 4 is 23.7 Å². The molecule has 0 radical (unpaired) electrons. The Balaban J connectivity index is 0.836. The topological polar surface area (TPSA) is 181 Å². The highest BCUT2D eigenvalue weighted by Gasteiger charge is 2.52. The minimum atomic E-state index is -0.594. The predicted molar refractivity (Wildman–Crippen MR) is 291 cm³/mol. The highest BCUT2D eigenvalue weighted by molar-refractivity contribution is 8.00. The number of carbonyl (C=O) groups excluding carboxylic acids is 2. The minimum absolute atomic E-state index is 0.00685. The van der Waals surface area contributed by atoms with Crippen molar-refractivity contribution in [1.29, 1.82) is 0 Å². The monoisotopic (exact) mass is 1100 g/mol. The molecule has 0 saturated carbocycles. The first-order chi connectivity index (χ1) is 36.5. The van der Waals surface area contributed by atoms with Crippen molar-refractivity contribution in [3.63, 3.8) is 0 Å². The molecular formula is C58H103N3O14S. The Kier molecular flexibility index (Phi) is 24.2. The molecule has 0 spiro atoms. The summed E-state index contributed by atoms with van der Waals surface area (Å²) >= 11 is 1.97. The number of hydrogen-bond donors (Lipinski definition) is 3. The lowest BCUT2D eigenvalue weighted by atomic mass is 9.80. The van der Waals surface area contributed by atoms with E-state index in [0.717, 1.165) is 76.6 Å². The van der Waals surface area contributed by atoms with Gasteiger partial charge in [-0.1, -0.05) is 102 Å². The average molecular weight is 1100 g/mol. The molecule has 76 heavy (non-hydrogen) atoms. The standard InChI is InChI=1S/C58H103N3O14S/c1-15-41-31(4)33(6)48(60-47(62)25-21-19-23-27-66-26-22-18-20-24-46-49-40(30-76-46)59-58(63)61-49)57(69-41)72-44-28-67-54(36(9)32(44)5)74-52-35(8)38(11)56(71-43(52)17-3)73-45-29-68-55(39(12)50(45)64-13)75-51-34(7)37(10)53(65-14)70-42(51)16-2/h31-46,48-57H,15-30H2,1-14H3,(H,60,62)(H2,59,61,63)/t31-,32+,33-,34+,35+,36?,37?,38?,39?,40-,41?,42?,43?,44+,45+,46-,48?,49-,50-,51-,52-,53-,54-,55-,56-,57-/m0/s1. The van der Waals surface area contributed by atoms with Crippen LogP contribution in [0.1, 0.15) is 154 Å².